The molecule has 0 bridgehead atoms. The van der Waals surface area contributed by atoms with Crippen molar-refractivity contribution in [1.82, 2.24) is 24.4 Å². The summed E-state index contributed by atoms with van der Waals surface area (Å²) in [5.74, 6) is 0.688. The molecule has 0 fully saturated rings. The second-order valence-electron chi connectivity index (χ2n) is 4.77. The minimum Gasteiger partial charge on any atom is -0.315 e. The smallest absolute Gasteiger partial charge is 0.244 e. The first kappa shape index (κ1) is 14.6. The zero-order valence-electron chi connectivity index (χ0n) is 11.7. The minimum absolute atomic E-state index is 0.277. The van der Waals surface area contributed by atoms with E-state index in [9.17, 15) is 8.42 Å². The molecule has 3 heterocycles. The molecule has 1 aliphatic heterocycles. The number of sulfonamides is 1. The van der Waals surface area contributed by atoms with Crippen LogP contribution in [0.4, 0.5) is 0 Å². The van der Waals surface area contributed by atoms with Crippen LogP contribution in [0.3, 0.4) is 0 Å². The van der Waals surface area contributed by atoms with Crippen LogP contribution in [0.2, 0.25) is 0 Å². The summed E-state index contributed by atoms with van der Waals surface area (Å²) in [6.45, 7) is 4.70. The van der Waals surface area contributed by atoms with Crippen LogP contribution in [0.15, 0.2) is 22.7 Å². The van der Waals surface area contributed by atoms with Gasteiger partial charge in [0.1, 0.15) is 12.2 Å². The van der Waals surface area contributed by atoms with Gasteiger partial charge in [-0.05, 0) is 18.0 Å². The molecule has 114 valence electrons. The molecule has 0 aromatic carbocycles. The Kier molecular flexibility index (Phi) is 4.07. The Morgan fingerprint density at radius 1 is 1.43 bits per heavy atom. The van der Waals surface area contributed by atoms with E-state index in [0.29, 0.717) is 30.4 Å². The molecule has 2 aromatic rings. The van der Waals surface area contributed by atoms with Gasteiger partial charge in [0, 0.05) is 24.5 Å². The summed E-state index contributed by atoms with van der Waals surface area (Å²) in [5, 5.41) is 12.8. The first-order chi connectivity index (χ1) is 10.1. The van der Waals surface area contributed by atoms with Crippen LogP contribution in [-0.2, 0) is 29.7 Å². The number of nitrogens with zero attached hydrogens (tertiary/aromatic N) is 4. The van der Waals surface area contributed by atoms with Crippen LogP contribution in [-0.4, -0.2) is 40.6 Å². The van der Waals surface area contributed by atoms with Gasteiger partial charge in [-0.15, -0.1) is 21.5 Å². The number of nitrogens with one attached hydrogen (secondary N) is 1. The number of rotatable bonds is 5. The van der Waals surface area contributed by atoms with Gasteiger partial charge < -0.3 is 9.88 Å². The zero-order valence-corrected chi connectivity index (χ0v) is 13.3. The lowest BCUT2D eigenvalue weighted by Gasteiger charge is -2.26. The van der Waals surface area contributed by atoms with Crippen molar-refractivity contribution in [3.05, 3.63) is 28.5 Å². The van der Waals surface area contributed by atoms with E-state index in [1.807, 2.05) is 16.9 Å². The molecule has 0 spiro atoms. The Labute approximate surface area is 127 Å². The summed E-state index contributed by atoms with van der Waals surface area (Å²) in [6.07, 6.45) is 1.64. The Bertz CT molecular complexity index is 722. The molecular weight excluding hydrogens is 310 g/mol. The normalized spacial score (nSPS) is 16.0. The summed E-state index contributed by atoms with van der Waals surface area (Å²) < 4.78 is 29.0. The first-order valence-electron chi connectivity index (χ1n) is 6.77. The zero-order chi connectivity index (χ0) is 14.9. The average molecular weight is 327 g/mol. The first-order valence-corrected chi connectivity index (χ1v) is 9.09. The maximum Gasteiger partial charge on any atom is 0.244 e. The van der Waals surface area contributed by atoms with Gasteiger partial charge in [-0.1, -0.05) is 6.92 Å². The molecule has 0 saturated carbocycles. The summed E-state index contributed by atoms with van der Waals surface area (Å²) in [6, 6.07) is 1.69. The van der Waals surface area contributed by atoms with Crippen molar-refractivity contribution in [3.8, 4) is 0 Å². The predicted molar refractivity (Wildman–Crippen MR) is 79.3 cm³/mol. The van der Waals surface area contributed by atoms with Crippen LogP contribution < -0.4 is 5.32 Å². The van der Waals surface area contributed by atoms with Gasteiger partial charge in [0.05, 0.1) is 11.4 Å². The van der Waals surface area contributed by atoms with E-state index in [1.54, 1.807) is 12.4 Å². The molecule has 9 heteroatoms. The van der Waals surface area contributed by atoms with Crippen LogP contribution in [0.25, 0.3) is 0 Å². The fraction of sp³-hybridized carbons (Fsp3) is 0.500. The molecule has 0 unspecified atom stereocenters. The number of hydrogen-bond acceptors (Lipinski definition) is 6. The maximum atomic E-state index is 12.8. The lowest BCUT2D eigenvalue weighted by atomic mass is 10.4. The monoisotopic (exact) mass is 327 g/mol. The molecule has 0 radical (unpaired) electrons. The lowest BCUT2D eigenvalue weighted by Crippen LogP contribution is -2.38. The van der Waals surface area contributed by atoms with E-state index in [4.69, 9.17) is 0 Å². The molecule has 7 nitrogen and oxygen atoms in total. The second kappa shape index (κ2) is 5.84. The van der Waals surface area contributed by atoms with Crippen molar-refractivity contribution >= 4 is 21.4 Å². The van der Waals surface area contributed by atoms with E-state index in [0.717, 1.165) is 11.4 Å². The predicted octanol–water partition coefficient (Wildman–Crippen LogP) is 0.654. The molecule has 3 rings (SSSR count). The summed E-state index contributed by atoms with van der Waals surface area (Å²) in [5.41, 5.74) is 0. The summed E-state index contributed by atoms with van der Waals surface area (Å²) in [7, 11) is -3.48. The Morgan fingerprint density at radius 3 is 3.10 bits per heavy atom. The Morgan fingerprint density at radius 2 is 2.29 bits per heavy atom. The molecule has 0 atom stereocenters. The highest BCUT2D eigenvalue weighted by Crippen LogP contribution is 2.27. The highest BCUT2D eigenvalue weighted by Gasteiger charge is 2.31. The lowest BCUT2D eigenvalue weighted by molar-refractivity contribution is 0.335. The van der Waals surface area contributed by atoms with Gasteiger partial charge in [-0.2, -0.15) is 4.31 Å². The van der Waals surface area contributed by atoms with Gasteiger partial charge in [0.25, 0.3) is 0 Å². The van der Waals surface area contributed by atoms with Crippen LogP contribution in [0.5, 0.6) is 0 Å². The van der Waals surface area contributed by atoms with E-state index in [-0.39, 0.29) is 6.54 Å². The molecule has 2 aromatic heterocycles. The standard InChI is InChI=1S/C12H17N5O2S2/c1-2-13-7-10-11(3-6-20-10)21(18,19)17-5-4-16-9-14-15-12(16)8-17/h3,6,9,13H,2,4-5,7-8H2,1H3. The van der Waals surface area contributed by atoms with Crippen molar-refractivity contribution < 1.29 is 8.42 Å². The third-order valence-corrected chi connectivity index (χ3v) is 6.44. The summed E-state index contributed by atoms with van der Waals surface area (Å²) in [4.78, 5) is 1.25. The quantitative estimate of drug-likeness (QED) is 0.872. The van der Waals surface area contributed by atoms with E-state index in [1.165, 1.54) is 15.6 Å². The molecule has 1 aliphatic rings. The third-order valence-electron chi connectivity index (χ3n) is 3.46. The van der Waals surface area contributed by atoms with Gasteiger partial charge in [0.2, 0.25) is 10.0 Å². The highest BCUT2D eigenvalue weighted by molar-refractivity contribution is 7.89. The second-order valence-corrected chi connectivity index (χ2v) is 7.67. The van der Waals surface area contributed by atoms with Crippen LogP contribution in [0, 0.1) is 0 Å². The topological polar surface area (TPSA) is 80.1 Å². The number of fused-ring (bicyclic) bond motifs is 1. The van der Waals surface area contributed by atoms with Crippen molar-refractivity contribution in [1.29, 1.82) is 0 Å². The SMILES string of the molecule is CCNCc1sccc1S(=O)(=O)N1CCn2cnnc2C1. The van der Waals surface area contributed by atoms with E-state index in [2.05, 4.69) is 15.5 Å². The Hall–Kier alpha value is -1.29. The van der Waals surface area contributed by atoms with Crippen molar-refractivity contribution in [2.45, 2.75) is 31.5 Å². The molecule has 21 heavy (non-hydrogen) atoms. The number of aromatic nitrogens is 3. The highest BCUT2D eigenvalue weighted by atomic mass is 32.2. The van der Waals surface area contributed by atoms with Crippen molar-refractivity contribution in [2.24, 2.45) is 0 Å². The van der Waals surface area contributed by atoms with Crippen LogP contribution in [0.1, 0.15) is 17.6 Å². The van der Waals surface area contributed by atoms with Gasteiger partial charge in [-0.25, -0.2) is 8.42 Å². The molecule has 0 saturated heterocycles. The van der Waals surface area contributed by atoms with E-state index >= 15 is 0 Å². The minimum atomic E-state index is -3.48. The van der Waals surface area contributed by atoms with Gasteiger partial charge >= 0.3 is 0 Å². The molecule has 0 amide bonds. The molecular formula is C12H17N5O2S2. The van der Waals surface area contributed by atoms with Gasteiger partial charge in [0.15, 0.2) is 0 Å². The molecule has 1 N–H and O–H groups in total. The fourth-order valence-electron chi connectivity index (χ4n) is 2.31. The van der Waals surface area contributed by atoms with Crippen molar-refractivity contribution in [3.63, 3.8) is 0 Å². The largest absolute Gasteiger partial charge is 0.315 e. The van der Waals surface area contributed by atoms with E-state index < -0.39 is 10.0 Å². The summed E-state index contributed by atoms with van der Waals surface area (Å²) >= 11 is 1.47. The number of hydrogen-bond donors (Lipinski definition) is 1. The third kappa shape index (κ3) is 2.73. The molecule has 0 aliphatic carbocycles. The number of thiophene rings is 1. The van der Waals surface area contributed by atoms with Crippen LogP contribution >= 0.6 is 11.3 Å². The van der Waals surface area contributed by atoms with Crippen molar-refractivity contribution in [2.75, 3.05) is 13.1 Å². The Balaban J connectivity index is 1.86. The maximum absolute atomic E-state index is 12.8. The fourth-order valence-corrected chi connectivity index (χ4v) is 5.08. The average Bonchev–Trinajstić information content (AvgIpc) is 3.13. The van der Waals surface area contributed by atoms with Gasteiger partial charge in [-0.3, -0.25) is 0 Å².